The molecule has 0 aromatic rings. The lowest BCUT2D eigenvalue weighted by Gasteiger charge is -2.41. The average molecular weight is 327 g/mol. The number of nitrogens with zero attached hydrogens (tertiary/aromatic N) is 3. The molecule has 7 heteroatoms. The maximum absolute atomic E-state index is 5.77. The van der Waals surface area contributed by atoms with Gasteiger partial charge in [0.15, 0.2) is 5.96 Å². The lowest BCUT2D eigenvalue weighted by atomic mass is 10.0. The van der Waals surface area contributed by atoms with E-state index < -0.39 is 0 Å². The van der Waals surface area contributed by atoms with Gasteiger partial charge in [-0.1, -0.05) is 0 Å². The Morgan fingerprint density at radius 2 is 1.91 bits per heavy atom. The number of aliphatic imine (C=N–C) groups is 1. The van der Waals surface area contributed by atoms with Crippen LogP contribution >= 0.6 is 0 Å². The largest absolute Gasteiger partial charge is 0.379 e. The summed E-state index contributed by atoms with van der Waals surface area (Å²) < 4.78 is 11.2. The van der Waals surface area contributed by atoms with Crippen molar-refractivity contribution in [2.75, 3.05) is 73.2 Å². The van der Waals surface area contributed by atoms with E-state index in [2.05, 4.69) is 46.3 Å². The Labute approximate surface area is 140 Å². The Morgan fingerprint density at radius 3 is 2.57 bits per heavy atom. The van der Waals surface area contributed by atoms with Gasteiger partial charge >= 0.3 is 0 Å². The number of hydrogen-bond donors (Lipinski definition) is 2. The molecule has 23 heavy (non-hydrogen) atoms. The average Bonchev–Trinajstić information content (AvgIpc) is 2.56. The van der Waals surface area contributed by atoms with Crippen molar-refractivity contribution in [3.8, 4) is 0 Å². The second-order valence-electron chi connectivity index (χ2n) is 6.97. The van der Waals surface area contributed by atoms with Crippen LogP contribution in [-0.2, 0) is 9.47 Å². The van der Waals surface area contributed by atoms with Crippen molar-refractivity contribution >= 4 is 5.96 Å². The van der Waals surface area contributed by atoms with E-state index in [0.29, 0.717) is 0 Å². The number of likely N-dealkylation sites (N-methyl/N-ethyl adjacent to an activating group) is 1. The first-order valence-corrected chi connectivity index (χ1v) is 8.59. The van der Waals surface area contributed by atoms with Crippen molar-refractivity contribution < 1.29 is 9.47 Å². The van der Waals surface area contributed by atoms with Crippen LogP contribution in [0.15, 0.2) is 4.99 Å². The highest BCUT2D eigenvalue weighted by Gasteiger charge is 2.28. The van der Waals surface area contributed by atoms with Crippen molar-refractivity contribution in [1.29, 1.82) is 0 Å². The van der Waals surface area contributed by atoms with E-state index in [1.54, 1.807) is 0 Å². The smallest absolute Gasteiger partial charge is 0.191 e. The number of ether oxygens (including phenoxy) is 2. The van der Waals surface area contributed by atoms with Gasteiger partial charge in [-0.15, -0.1) is 0 Å². The molecule has 0 amide bonds. The van der Waals surface area contributed by atoms with E-state index in [4.69, 9.17) is 9.47 Å². The lowest BCUT2D eigenvalue weighted by molar-refractivity contribution is -0.0163. The minimum atomic E-state index is 0.0724. The van der Waals surface area contributed by atoms with Gasteiger partial charge in [0.05, 0.1) is 25.9 Å². The fourth-order valence-corrected chi connectivity index (χ4v) is 3.00. The highest BCUT2D eigenvalue weighted by Crippen LogP contribution is 2.14. The third-order valence-electron chi connectivity index (χ3n) is 4.62. The standard InChI is InChI=1S/C16H33N5O2/c1-16(2,21-6-8-22-9-7-21)13-19-15(17-3)18-11-14-12-20(4)5-10-23-14/h14H,5-13H2,1-4H3,(H2,17,18,19). The monoisotopic (exact) mass is 327 g/mol. The van der Waals surface area contributed by atoms with Crippen LogP contribution in [0.25, 0.3) is 0 Å². The van der Waals surface area contributed by atoms with Gasteiger partial charge in [-0.3, -0.25) is 9.89 Å². The first kappa shape index (κ1) is 18.4. The van der Waals surface area contributed by atoms with Gasteiger partial charge < -0.3 is 25.0 Å². The van der Waals surface area contributed by atoms with Crippen LogP contribution in [0.1, 0.15) is 13.8 Å². The second-order valence-corrected chi connectivity index (χ2v) is 6.97. The van der Waals surface area contributed by atoms with Crippen LogP contribution < -0.4 is 10.6 Å². The zero-order valence-corrected chi connectivity index (χ0v) is 15.1. The Hall–Kier alpha value is -0.890. The van der Waals surface area contributed by atoms with E-state index in [0.717, 1.165) is 65.0 Å². The molecule has 0 aromatic heterocycles. The SMILES string of the molecule is CN=C(NCC1CN(C)CCO1)NCC(C)(C)N1CCOCC1. The molecule has 2 saturated heterocycles. The topological polar surface area (TPSA) is 61.4 Å². The maximum Gasteiger partial charge on any atom is 0.191 e. The summed E-state index contributed by atoms with van der Waals surface area (Å²) in [6, 6.07) is 0. The van der Waals surface area contributed by atoms with Crippen LogP contribution in [0.2, 0.25) is 0 Å². The van der Waals surface area contributed by atoms with E-state index in [9.17, 15) is 0 Å². The molecular weight excluding hydrogens is 294 g/mol. The molecule has 0 spiro atoms. The van der Waals surface area contributed by atoms with Crippen molar-refractivity contribution in [3.05, 3.63) is 0 Å². The number of morpholine rings is 2. The molecule has 0 bridgehead atoms. The quantitative estimate of drug-likeness (QED) is 0.529. The number of guanidine groups is 1. The summed E-state index contributed by atoms with van der Waals surface area (Å²) in [5.41, 5.74) is 0.0724. The summed E-state index contributed by atoms with van der Waals surface area (Å²) in [4.78, 5) is 9.09. The molecule has 2 N–H and O–H groups in total. The third kappa shape index (κ3) is 5.91. The predicted octanol–water partition coefficient (Wildman–Crippen LogP) is -0.407. The van der Waals surface area contributed by atoms with Crippen molar-refractivity contribution in [2.24, 2.45) is 4.99 Å². The van der Waals surface area contributed by atoms with Crippen LogP contribution in [-0.4, -0.2) is 101 Å². The molecule has 2 rings (SSSR count). The molecule has 2 fully saturated rings. The zero-order valence-electron chi connectivity index (χ0n) is 15.1. The molecule has 2 aliphatic heterocycles. The van der Waals surface area contributed by atoms with Crippen LogP contribution in [0.3, 0.4) is 0 Å². The number of nitrogens with one attached hydrogen (secondary N) is 2. The van der Waals surface area contributed by atoms with Gasteiger partial charge in [0.25, 0.3) is 0 Å². The summed E-state index contributed by atoms with van der Waals surface area (Å²) >= 11 is 0. The van der Waals surface area contributed by atoms with Gasteiger partial charge in [-0.2, -0.15) is 0 Å². The molecule has 0 radical (unpaired) electrons. The molecule has 0 saturated carbocycles. The summed E-state index contributed by atoms with van der Waals surface area (Å²) in [5, 5.41) is 6.82. The zero-order chi connectivity index (χ0) is 16.7. The lowest BCUT2D eigenvalue weighted by Crippen LogP contribution is -2.57. The second kappa shape index (κ2) is 8.82. The maximum atomic E-state index is 5.77. The van der Waals surface area contributed by atoms with E-state index in [1.165, 1.54) is 0 Å². The Balaban J connectivity index is 1.73. The number of hydrogen-bond acceptors (Lipinski definition) is 5. The molecule has 7 nitrogen and oxygen atoms in total. The molecule has 0 aromatic carbocycles. The van der Waals surface area contributed by atoms with Crippen molar-refractivity contribution in [3.63, 3.8) is 0 Å². The molecule has 134 valence electrons. The summed E-state index contributed by atoms with van der Waals surface area (Å²) in [6.07, 6.45) is 0.222. The normalized spacial score (nSPS) is 25.4. The van der Waals surface area contributed by atoms with Gasteiger partial charge in [-0.05, 0) is 20.9 Å². The first-order chi connectivity index (χ1) is 11.0. The van der Waals surface area contributed by atoms with E-state index in [-0.39, 0.29) is 11.6 Å². The predicted molar refractivity (Wildman–Crippen MR) is 93.1 cm³/mol. The van der Waals surface area contributed by atoms with Crippen LogP contribution in [0.4, 0.5) is 0 Å². The minimum Gasteiger partial charge on any atom is -0.379 e. The van der Waals surface area contributed by atoms with Gasteiger partial charge in [0.2, 0.25) is 0 Å². The fraction of sp³-hybridized carbons (Fsp3) is 0.938. The highest BCUT2D eigenvalue weighted by atomic mass is 16.5. The molecule has 0 aliphatic carbocycles. The van der Waals surface area contributed by atoms with Gasteiger partial charge in [-0.25, -0.2) is 0 Å². The Bertz CT molecular complexity index is 383. The Morgan fingerprint density at radius 1 is 1.17 bits per heavy atom. The molecule has 2 heterocycles. The summed E-state index contributed by atoms with van der Waals surface area (Å²) in [6.45, 7) is 12.5. The number of rotatable bonds is 5. The van der Waals surface area contributed by atoms with Crippen LogP contribution in [0.5, 0.6) is 0 Å². The van der Waals surface area contributed by atoms with E-state index >= 15 is 0 Å². The molecule has 2 aliphatic rings. The van der Waals surface area contributed by atoms with Gasteiger partial charge in [0.1, 0.15) is 0 Å². The van der Waals surface area contributed by atoms with Crippen LogP contribution in [0, 0.1) is 0 Å². The fourth-order valence-electron chi connectivity index (χ4n) is 3.00. The summed E-state index contributed by atoms with van der Waals surface area (Å²) in [5.74, 6) is 0.836. The third-order valence-corrected chi connectivity index (χ3v) is 4.62. The Kier molecular flexibility index (Phi) is 7.08. The van der Waals surface area contributed by atoms with Crippen molar-refractivity contribution in [2.45, 2.75) is 25.5 Å². The summed E-state index contributed by atoms with van der Waals surface area (Å²) in [7, 11) is 3.94. The molecule has 1 atom stereocenters. The molecular formula is C16H33N5O2. The first-order valence-electron chi connectivity index (χ1n) is 8.59. The molecule has 1 unspecified atom stereocenters. The minimum absolute atomic E-state index is 0.0724. The van der Waals surface area contributed by atoms with Crippen molar-refractivity contribution in [1.82, 2.24) is 20.4 Å². The van der Waals surface area contributed by atoms with Gasteiger partial charge in [0, 0.05) is 51.9 Å². The van der Waals surface area contributed by atoms with E-state index in [1.807, 2.05) is 7.05 Å². The highest BCUT2D eigenvalue weighted by molar-refractivity contribution is 5.79.